The molecule has 0 aliphatic carbocycles. The molecular formula is C27H25N5O3S. The maximum atomic E-state index is 11.7. The monoisotopic (exact) mass is 499 g/mol. The Kier molecular flexibility index (Phi) is 7.66. The SMILES string of the molecule is Cc1ccc(-n2c(C)nnc2S[C@@H](C[N+](=O)[O-])c2ccccc2OCc2ccccc2C#N)cc1C. The lowest BCUT2D eigenvalue weighted by Gasteiger charge is -2.18. The fraction of sp³-hybridized carbons (Fsp3) is 0.222. The average molecular weight is 500 g/mol. The first kappa shape index (κ1) is 24.9. The molecule has 9 heteroatoms. The molecule has 3 aromatic carbocycles. The maximum absolute atomic E-state index is 11.7. The van der Waals surface area contributed by atoms with E-state index < -0.39 is 5.25 Å². The minimum absolute atomic E-state index is 0.175. The topological polar surface area (TPSA) is 107 Å². The highest BCUT2D eigenvalue weighted by atomic mass is 32.2. The van der Waals surface area contributed by atoms with Crippen molar-refractivity contribution in [3.63, 3.8) is 0 Å². The highest BCUT2D eigenvalue weighted by molar-refractivity contribution is 7.99. The fourth-order valence-corrected chi connectivity index (χ4v) is 5.03. The molecule has 4 aromatic rings. The predicted molar refractivity (Wildman–Crippen MR) is 138 cm³/mol. The van der Waals surface area contributed by atoms with Crippen molar-refractivity contribution in [1.29, 1.82) is 5.26 Å². The van der Waals surface area contributed by atoms with Gasteiger partial charge in [0, 0.05) is 21.7 Å². The van der Waals surface area contributed by atoms with Crippen LogP contribution in [0.2, 0.25) is 0 Å². The molecule has 8 nitrogen and oxygen atoms in total. The van der Waals surface area contributed by atoms with Crippen LogP contribution in [0.4, 0.5) is 0 Å². The van der Waals surface area contributed by atoms with E-state index in [0.717, 1.165) is 16.8 Å². The molecule has 0 unspecified atom stereocenters. The number of hydrogen-bond acceptors (Lipinski definition) is 7. The van der Waals surface area contributed by atoms with Crippen LogP contribution in [-0.2, 0) is 6.61 Å². The molecule has 0 spiro atoms. The van der Waals surface area contributed by atoms with Crippen LogP contribution in [0.15, 0.2) is 71.9 Å². The molecule has 4 rings (SSSR count). The summed E-state index contributed by atoms with van der Waals surface area (Å²) < 4.78 is 8.00. The number of benzene rings is 3. The molecule has 0 amide bonds. The van der Waals surface area contributed by atoms with E-state index >= 15 is 0 Å². The van der Waals surface area contributed by atoms with E-state index in [2.05, 4.69) is 22.3 Å². The number of ether oxygens (including phenoxy) is 1. The van der Waals surface area contributed by atoms with Gasteiger partial charge in [-0.25, -0.2) is 0 Å². The minimum atomic E-state index is -0.573. The van der Waals surface area contributed by atoms with Crippen molar-refractivity contribution < 1.29 is 9.66 Å². The molecule has 1 heterocycles. The lowest BCUT2D eigenvalue weighted by Crippen LogP contribution is -2.12. The predicted octanol–water partition coefficient (Wildman–Crippen LogP) is 5.75. The number of aromatic nitrogens is 3. The van der Waals surface area contributed by atoms with Gasteiger partial charge in [0.1, 0.15) is 23.4 Å². The smallest absolute Gasteiger partial charge is 0.220 e. The first-order valence-corrected chi connectivity index (χ1v) is 12.2. The third-order valence-corrected chi connectivity index (χ3v) is 7.06. The molecule has 182 valence electrons. The summed E-state index contributed by atoms with van der Waals surface area (Å²) in [5.41, 5.74) is 5.17. The molecule has 0 N–H and O–H groups in total. The van der Waals surface area contributed by atoms with Crippen LogP contribution in [0.5, 0.6) is 5.75 Å². The standard InChI is InChI=1S/C27H25N5O3S/c1-18-12-13-23(14-19(18)2)32-20(3)29-30-27(32)36-26(16-31(33)34)24-10-6-7-11-25(24)35-17-22-9-5-4-8-21(22)15-28/h4-14,26H,16-17H2,1-3H3/t26-/m0/s1. The Morgan fingerprint density at radius 2 is 1.81 bits per heavy atom. The van der Waals surface area contributed by atoms with Crippen LogP contribution in [0.3, 0.4) is 0 Å². The molecule has 0 fully saturated rings. The summed E-state index contributed by atoms with van der Waals surface area (Å²) in [6, 6.07) is 22.7. The Morgan fingerprint density at radius 3 is 2.56 bits per heavy atom. The average Bonchev–Trinajstić information content (AvgIpc) is 3.23. The molecule has 0 radical (unpaired) electrons. The molecule has 1 aromatic heterocycles. The van der Waals surface area contributed by atoms with E-state index in [1.807, 2.05) is 67.8 Å². The van der Waals surface area contributed by atoms with E-state index in [9.17, 15) is 15.4 Å². The first-order chi connectivity index (χ1) is 17.4. The molecule has 0 aliphatic rings. The van der Waals surface area contributed by atoms with Gasteiger partial charge in [0.25, 0.3) is 0 Å². The van der Waals surface area contributed by atoms with Crippen molar-refractivity contribution in [1.82, 2.24) is 14.8 Å². The Hall–Kier alpha value is -4.16. The summed E-state index contributed by atoms with van der Waals surface area (Å²) >= 11 is 1.28. The second kappa shape index (κ2) is 11.1. The van der Waals surface area contributed by atoms with E-state index in [1.54, 1.807) is 18.2 Å². The van der Waals surface area contributed by atoms with Gasteiger partial charge in [-0.1, -0.05) is 54.2 Å². The van der Waals surface area contributed by atoms with Crippen molar-refractivity contribution in [3.8, 4) is 17.5 Å². The van der Waals surface area contributed by atoms with Crippen molar-refractivity contribution >= 4 is 11.8 Å². The van der Waals surface area contributed by atoms with E-state index in [-0.39, 0.29) is 18.1 Å². The number of hydrogen-bond donors (Lipinski definition) is 0. The number of para-hydroxylation sites is 1. The Labute approximate surface area is 213 Å². The van der Waals surface area contributed by atoms with E-state index in [4.69, 9.17) is 4.74 Å². The van der Waals surface area contributed by atoms with Crippen LogP contribution >= 0.6 is 11.8 Å². The quantitative estimate of drug-likeness (QED) is 0.164. The third-order valence-electron chi connectivity index (χ3n) is 5.89. The van der Waals surface area contributed by atoms with Gasteiger partial charge >= 0.3 is 0 Å². The molecule has 0 aliphatic heterocycles. The van der Waals surface area contributed by atoms with Crippen LogP contribution in [0, 0.1) is 42.2 Å². The molecule has 0 bridgehead atoms. The Bertz CT molecular complexity index is 1440. The lowest BCUT2D eigenvalue weighted by atomic mass is 10.1. The zero-order valence-corrected chi connectivity index (χ0v) is 21.0. The van der Waals surface area contributed by atoms with Gasteiger partial charge in [-0.15, -0.1) is 10.2 Å². The van der Waals surface area contributed by atoms with Gasteiger partial charge in [0.05, 0.1) is 11.6 Å². The van der Waals surface area contributed by atoms with Crippen molar-refractivity contribution in [2.24, 2.45) is 0 Å². The van der Waals surface area contributed by atoms with Gasteiger partial charge in [-0.05, 0) is 56.2 Å². The van der Waals surface area contributed by atoms with E-state index in [0.29, 0.717) is 27.9 Å². The number of nitriles is 1. The van der Waals surface area contributed by atoms with Crippen LogP contribution < -0.4 is 4.74 Å². The van der Waals surface area contributed by atoms with Crippen LogP contribution in [0.25, 0.3) is 5.69 Å². The summed E-state index contributed by atoms with van der Waals surface area (Å²) in [5.74, 6) is 1.22. The van der Waals surface area contributed by atoms with Gasteiger partial charge in [-0.3, -0.25) is 14.7 Å². The summed E-state index contributed by atoms with van der Waals surface area (Å²) in [6.07, 6.45) is 0. The van der Waals surface area contributed by atoms with Gasteiger partial charge in [-0.2, -0.15) is 5.26 Å². The number of nitro groups is 1. The van der Waals surface area contributed by atoms with Crippen LogP contribution in [-0.4, -0.2) is 26.2 Å². The zero-order valence-electron chi connectivity index (χ0n) is 20.2. The minimum Gasteiger partial charge on any atom is -0.489 e. The number of rotatable bonds is 9. The van der Waals surface area contributed by atoms with Gasteiger partial charge in [0.2, 0.25) is 6.54 Å². The number of thioether (sulfide) groups is 1. The second-order valence-electron chi connectivity index (χ2n) is 8.35. The largest absolute Gasteiger partial charge is 0.489 e. The number of nitrogens with zero attached hydrogens (tertiary/aromatic N) is 5. The highest BCUT2D eigenvalue weighted by Gasteiger charge is 2.26. The van der Waals surface area contributed by atoms with Crippen molar-refractivity contribution in [3.05, 3.63) is 110 Å². The van der Waals surface area contributed by atoms with Crippen LogP contribution in [0.1, 0.15) is 38.9 Å². The summed E-state index contributed by atoms with van der Waals surface area (Å²) in [5, 5.41) is 29.6. The molecular weight excluding hydrogens is 474 g/mol. The molecule has 0 saturated heterocycles. The fourth-order valence-electron chi connectivity index (χ4n) is 3.83. The first-order valence-electron chi connectivity index (χ1n) is 11.3. The second-order valence-corrected chi connectivity index (χ2v) is 9.52. The Morgan fingerprint density at radius 1 is 1.06 bits per heavy atom. The third kappa shape index (κ3) is 5.56. The molecule has 1 atom stereocenters. The van der Waals surface area contributed by atoms with Gasteiger partial charge < -0.3 is 4.74 Å². The maximum Gasteiger partial charge on any atom is 0.220 e. The summed E-state index contributed by atoms with van der Waals surface area (Å²) in [4.78, 5) is 11.3. The highest BCUT2D eigenvalue weighted by Crippen LogP contribution is 2.40. The summed E-state index contributed by atoms with van der Waals surface area (Å²) in [6.45, 7) is 5.80. The van der Waals surface area contributed by atoms with E-state index in [1.165, 1.54) is 17.3 Å². The zero-order chi connectivity index (χ0) is 25.7. The number of aryl methyl sites for hydroxylation is 3. The molecule has 0 saturated carbocycles. The lowest BCUT2D eigenvalue weighted by molar-refractivity contribution is -0.479. The van der Waals surface area contributed by atoms with Crippen molar-refractivity contribution in [2.75, 3.05) is 6.54 Å². The normalized spacial score (nSPS) is 11.6. The summed E-state index contributed by atoms with van der Waals surface area (Å²) in [7, 11) is 0. The molecule has 36 heavy (non-hydrogen) atoms. The Balaban J connectivity index is 1.67. The van der Waals surface area contributed by atoms with Gasteiger partial charge in [0.15, 0.2) is 5.16 Å². The van der Waals surface area contributed by atoms with Crippen molar-refractivity contribution in [2.45, 2.75) is 37.8 Å².